The van der Waals surface area contributed by atoms with Crippen molar-refractivity contribution in [3.05, 3.63) is 59.8 Å². The Morgan fingerprint density at radius 2 is 1.36 bits per heavy atom. The summed E-state index contributed by atoms with van der Waals surface area (Å²) in [6.45, 7) is 17.7. The monoisotopic (exact) mass is 1180 g/mol. The molecule has 0 aromatic rings. The first kappa shape index (κ1) is 75.6. The second-order valence-electron chi connectivity index (χ2n) is 25.1. The maximum atomic E-state index is 13.7. The second kappa shape index (κ2) is 40.8. The molecule has 18 heteroatoms. The molecule has 2 rings (SSSR count). The number of aliphatic hydroxyl groups is 10. The lowest BCUT2D eigenvalue weighted by molar-refractivity contribution is -0.333. The molecule has 0 aromatic carbocycles. The van der Waals surface area contributed by atoms with Crippen LogP contribution in [0.2, 0.25) is 0 Å². The number of aliphatic imine (C=N–C) groups is 1. The fourth-order valence-electron chi connectivity index (χ4n) is 10.9. The summed E-state index contributed by atoms with van der Waals surface area (Å²) in [5.74, 6) is -4.33. The molecule has 480 valence electrons. The molecule has 83 heavy (non-hydrogen) atoms. The fourth-order valence-corrected chi connectivity index (χ4v) is 10.9. The van der Waals surface area contributed by atoms with E-state index < -0.39 is 115 Å². The number of esters is 2. The minimum atomic E-state index is -2.43. The van der Waals surface area contributed by atoms with E-state index in [1.165, 1.54) is 12.8 Å². The smallest absolute Gasteiger partial charge is 0.334 e. The van der Waals surface area contributed by atoms with E-state index in [9.17, 15) is 60.7 Å². The number of hydrogen-bond acceptors (Lipinski definition) is 16. The van der Waals surface area contributed by atoms with Crippen LogP contribution in [0, 0.1) is 35.5 Å². The molecule has 0 saturated carbocycles. The van der Waals surface area contributed by atoms with Crippen molar-refractivity contribution in [2.24, 2.45) is 46.2 Å². The minimum absolute atomic E-state index is 0.0393. The Bertz CT molecular complexity index is 2000. The van der Waals surface area contributed by atoms with Crippen LogP contribution in [0.3, 0.4) is 0 Å². The van der Waals surface area contributed by atoms with Gasteiger partial charge in [-0.1, -0.05) is 136 Å². The van der Waals surface area contributed by atoms with Crippen LogP contribution in [0.1, 0.15) is 204 Å². The maximum Gasteiger partial charge on any atom is 0.334 e. The van der Waals surface area contributed by atoms with E-state index in [0.29, 0.717) is 29.4 Å². The summed E-state index contributed by atoms with van der Waals surface area (Å²) < 4.78 is 18.3. The van der Waals surface area contributed by atoms with Gasteiger partial charge in [0.15, 0.2) is 11.7 Å². The highest BCUT2D eigenvalue weighted by atomic mass is 16.7. The molecule has 2 bridgehead atoms. The van der Waals surface area contributed by atoms with Crippen LogP contribution in [0.4, 0.5) is 0 Å². The van der Waals surface area contributed by atoms with Gasteiger partial charge in [0.25, 0.3) is 0 Å². The summed E-state index contributed by atoms with van der Waals surface area (Å²) in [5.41, 5.74) is 6.60. The van der Waals surface area contributed by atoms with Gasteiger partial charge in [-0.3, -0.25) is 9.79 Å². The zero-order valence-electron chi connectivity index (χ0n) is 52.3. The average Bonchev–Trinajstić information content (AvgIpc) is 3.60. The molecule has 13 N–H and O–H groups in total. The number of cyclic esters (lactones) is 1. The molecule has 2 aliphatic heterocycles. The van der Waals surface area contributed by atoms with Crippen LogP contribution in [0.15, 0.2) is 64.7 Å². The van der Waals surface area contributed by atoms with Crippen molar-refractivity contribution in [2.45, 2.75) is 283 Å². The third-order valence-electron chi connectivity index (χ3n) is 16.9. The highest BCUT2D eigenvalue weighted by molar-refractivity contribution is 5.88. The number of hydrogen-bond donors (Lipinski definition) is 12. The van der Waals surface area contributed by atoms with E-state index in [4.69, 9.17) is 19.9 Å². The molecule has 0 amide bonds. The van der Waals surface area contributed by atoms with Crippen LogP contribution in [0.25, 0.3) is 0 Å². The van der Waals surface area contributed by atoms with Crippen LogP contribution >= 0.6 is 0 Å². The molecular formula is C65H115N3O15. The number of aliphatic hydroxyl groups excluding tert-OH is 9. The number of guanidine groups is 1. The molecule has 0 aromatic heterocycles. The van der Waals surface area contributed by atoms with Crippen molar-refractivity contribution in [3.63, 3.8) is 0 Å². The zero-order chi connectivity index (χ0) is 62.2. The van der Waals surface area contributed by atoms with Crippen LogP contribution < -0.4 is 11.1 Å². The number of nitrogens with one attached hydrogen (secondary N) is 1. The van der Waals surface area contributed by atoms with Gasteiger partial charge in [0.2, 0.25) is 0 Å². The Hall–Kier alpha value is -3.53. The molecule has 1 saturated heterocycles. The summed E-state index contributed by atoms with van der Waals surface area (Å²) in [4.78, 5) is 31.0. The van der Waals surface area contributed by atoms with Crippen molar-refractivity contribution in [1.82, 2.24) is 5.32 Å². The Morgan fingerprint density at radius 3 is 2.04 bits per heavy atom. The predicted octanol–water partition coefficient (Wildman–Crippen LogP) is 7.67. The first-order valence-corrected chi connectivity index (χ1v) is 31.4. The number of nitrogens with two attached hydrogens (primary N) is 1. The average molecular weight is 1180 g/mol. The lowest BCUT2D eigenvalue weighted by Gasteiger charge is -2.45. The quantitative estimate of drug-likeness (QED) is 0.0194. The first-order valence-electron chi connectivity index (χ1n) is 31.4. The first-order chi connectivity index (χ1) is 39.2. The topological polar surface area (TPSA) is 315 Å². The molecule has 1 fully saturated rings. The largest absolute Gasteiger partial charge is 0.462 e. The molecule has 0 spiro atoms. The SMILES string of the molecule is CN=C(N)NCCCC=CCCCC(C)C1OC(=O)C(C)=CC=CC(C)C(O)CC(O)C(C)C(O)CCC(C)C(O)CC2(O)OC(CC(OC(=O)CCCCCCCCC(C)C)CC(O)CC(O)CC(O)C(C)=CC=CC1C)CC(O)C2O. The predicted molar refractivity (Wildman–Crippen MR) is 326 cm³/mol. The van der Waals surface area contributed by atoms with Crippen molar-refractivity contribution in [3.8, 4) is 0 Å². The normalized spacial score (nSPS) is 33.9. The third kappa shape index (κ3) is 30.6. The molecule has 0 radical (unpaired) electrons. The molecule has 0 aliphatic carbocycles. The number of allylic oxidation sites excluding steroid dienone is 6. The van der Waals surface area contributed by atoms with E-state index in [1.807, 2.05) is 13.0 Å². The number of carbonyl (C=O) groups excluding carboxylic acids is 2. The van der Waals surface area contributed by atoms with Crippen molar-refractivity contribution in [1.29, 1.82) is 0 Å². The van der Waals surface area contributed by atoms with Gasteiger partial charge in [0.1, 0.15) is 18.3 Å². The van der Waals surface area contributed by atoms with Gasteiger partial charge in [-0.25, -0.2) is 4.79 Å². The standard InChI is InChI=1S/C65H115N3O15/c1-42(2)25-19-15-11-12-17-21-31-60(77)81-52-36-50(69)35-51(70)37-55(72)43(3)27-23-29-47(7)61(46(6)26-20-16-13-14-18-22-34-68-64(66)67-10)82-63(79)48(8)30-24-28-44(4)56(73)40-57(74)49(9)54(71)33-32-45(5)59(76)41-65(80)62(78)58(75)39-53(38-52)83-65/h13-14,23-24,27-30,42,44-47,49-59,61-62,69-76,78,80H,11-12,15-22,25-26,31-41H2,1-10H3,(H3,66,67,68). The van der Waals surface area contributed by atoms with Gasteiger partial charge in [-0.2, -0.15) is 0 Å². The van der Waals surface area contributed by atoms with Gasteiger partial charge in [0, 0.05) is 81.9 Å². The number of carbonyl (C=O) groups is 2. The highest BCUT2D eigenvalue weighted by Crippen LogP contribution is 2.36. The fraction of sp³-hybridized carbons (Fsp3) is 0.800. The van der Waals surface area contributed by atoms with E-state index in [2.05, 4.69) is 43.2 Å². The Kier molecular flexibility index (Phi) is 37.1. The lowest BCUT2D eigenvalue weighted by atomic mass is 9.84. The van der Waals surface area contributed by atoms with E-state index in [-0.39, 0.29) is 69.6 Å². The summed E-state index contributed by atoms with van der Waals surface area (Å²) >= 11 is 0. The van der Waals surface area contributed by atoms with Crippen molar-refractivity contribution in [2.75, 3.05) is 13.6 Å². The number of rotatable bonds is 19. The van der Waals surface area contributed by atoms with E-state index in [0.717, 1.165) is 64.3 Å². The summed E-state index contributed by atoms with van der Waals surface area (Å²) in [6, 6.07) is 0. The second-order valence-corrected chi connectivity index (χ2v) is 25.1. The van der Waals surface area contributed by atoms with Gasteiger partial charge in [-0.05, 0) is 95.0 Å². The van der Waals surface area contributed by atoms with Gasteiger partial charge in [0.05, 0.1) is 54.9 Å². The molecule has 2 heterocycles. The van der Waals surface area contributed by atoms with Gasteiger partial charge in [-0.15, -0.1) is 0 Å². The number of ether oxygens (including phenoxy) is 3. The Balaban J connectivity index is 2.43. The summed E-state index contributed by atoms with van der Waals surface area (Å²) in [5, 5.41) is 116. The van der Waals surface area contributed by atoms with Gasteiger partial charge >= 0.3 is 11.9 Å². The molecule has 18 nitrogen and oxygen atoms in total. The van der Waals surface area contributed by atoms with Crippen molar-refractivity contribution < 1.29 is 74.9 Å². The lowest BCUT2D eigenvalue weighted by Crippen LogP contribution is -2.60. The van der Waals surface area contributed by atoms with Gasteiger partial charge < -0.3 is 76.3 Å². The maximum absolute atomic E-state index is 13.7. The van der Waals surface area contributed by atoms with Crippen LogP contribution in [0.5, 0.6) is 0 Å². The highest BCUT2D eigenvalue weighted by Gasteiger charge is 2.50. The van der Waals surface area contributed by atoms with E-state index in [1.54, 1.807) is 72.0 Å². The minimum Gasteiger partial charge on any atom is -0.462 e. The van der Waals surface area contributed by atoms with E-state index >= 15 is 0 Å². The molecule has 18 unspecified atom stereocenters. The number of fused-ring (bicyclic) bond motifs is 2. The number of unbranched alkanes of at least 4 members (excludes halogenated alkanes) is 7. The molecule has 2 aliphatic rings. The Labute approximate surface area is 498 Å². The molecule has 18 atom stereocenters. The van der Waals surface area contributed by atoms with Crippen molar-refractivity contribution >= 4 is 17.9 Å². The van der Waals surface area contributed by atoms with Crippen LogP contribution in [-0.2, 0) is 23.8 Å². The van der Waals surface area contributed by atoms with Crippen LogP contribution in [-0.4, -0.2) is 162 Å². The third-order valence-corrected chi connectivity index (χ3v) is 16.9. The summed E-state index contributed by atoms with van der Waals surface area (Å²) in [7, 11) is 1.64. The summed E-state index contributed by atoms with van der Waals surface area (Å²) in [6.07, 6.45) is 11.5. The number of nitrogens with zero attached hydrogens (tertiary/aromatic N) is 1. The molecular weight excluding hydrogens is 1060 g/mol. The zero-order valence-corrected chi connectivity index (χ0v) is 52.3. The Morgan fingerprint density at radius 1 is 0.735 bits per heavy atom.